The molecule has 0 bridgehead atoms. The van der Waals surface area contributed by atoms with Crippen LogP contribution in [0.4, 0.5) is 11.4 Å². The maximum atomic E-state index is 5.75. The molecule has 0 fully saturated rings. The molecule has 2 aliphatic heterocycles. The van der Waals surface area contributed by atoms with Crippen molar-refractivity contribution in [2.75, 3.05) is 25.0 Å². The van der Waals surface area contributed by atoms with Crippen molar-refractivity contribution < 1.29 is 4.58 Å². The predicted molar refractivity (Wildman–Crippen MR) is 195 cm³/mol. The molecule has 4 aromatic carbocycles. The SMILES string of the molecule is C[N+]1=C(/C=C/C=C/C=C/C=C2/N(CCCCCCN)c3ccc4ccccc4c3C2(C)C)C(C)(C)c2c1ccc1ccccc21. The van der Waals surface area contributed by atoms with Gasteiger partial charge in [0.2, 0.25) is 5.69 Å². The van der Waals surface area contributed by atoms with E-state index in [9.17, 15) is 0 Å². The Morgan fingerprint density at radius 2 is 1.29 bits per heavy atom. The number of benzene rings is 4. The summed E-state index contributed by atoms with van der Waals surface area (Å²) in [6, 6.07) is 26.7. The highest BCUT2D eigenvalue weighted by Gasteiger charge is 2.44. The van der Waals surface area contributed by atoms with Gasteiger partial charge in [0.25, 0.3) is 0 Å². The monoisotopic (exact) mass is 594 g/mol. The molecule has 0 aliphatic carbocycles. The van der Waals surface area contributed by atoms with E-state index in [1.165, 1.54) is 68.3 Å². The lowest BCUT2D eigenvalue weighted by atomic mass is 9.79. The number of rotatable bonds is 10. The summed E-state index contributed by atoms with van der Waals surface area (Å²) < 4.78 is 2.35. The van der Waals surface area contributed by atoms with Crippen LogP contribution in [-0.4, -0.2) is 30.4 Å². The van der Waals surface area contributed by atoms with E-state index >= 15 is 0 Å². The van der Waals surface area contributed by atoms with E-state index in [0.29, 0.717) is 0 Å². The van der Waals surface area contributed by atoms with Crippen LogP contribution in [0.5, 0.6) is 0 Å². The summed E-state index contributed by atoms with van der Waals surface area (Å²) in [7, 11) is 2.19. The number of hydrogen-bond donors (Lipinski definition) is 1. The molecule has 0 amide bonds. The van der Waals surface area contributed by atoms with E-state index < -0.39 is 0 Å². The molecule has 4 aromatic rings. The second-order valence-electron chi connectivity index (χ2n) is 13.6. The second-order valence-corrected chi connectivity index (χ2v) is 13.6. The molecule has 0 spiro atoms. The van der Waals surface area contributed by atoms with E-state index in [4.69, 9.17) is 5.73 Å². The van der Waals surface area contributed by atoms with E-state index in [0.717, 1.165) is 25.9 Å². The molecule has 45 heavy (non-hydrogen) atoms. The van der Waals surface area contributed by atoms with Crippen LogP contribution in [0.1, 0.15) is 64.5 Å². The lowest BCUT2D eigenvalue weighted by Gasteiger charge is -2.27. The first kappa shape index (κ1) is 30.8. The lowest BCUT2D eigenvalue weighted by molar-refractivity contribution is -0.401. The van der Waals surface area contributed by atoms with Crippen molar-refractivity contribution in [3.05, 3.63) is 132 Å². The van der Waals surface area contributed by atoms with Crippen LogP contribution in [0, 0.1) is 0 Å². The Bertz CT molecular complexity index is 1880. The number of fused-ring (bicyclic) bond motifs is 6. The van der Waals surface area contributed by atoms with E-state index in [-0.39, 0.29) is 10.8 Å². The Kier molecular flexibility index (Phi) is 8.66. The van der Waals surface area contributed by atoms with Crippen molar-refractivity contribution in [1.82, 2.24) is 0 Å². The molecule has 0 saturated carbocycles. The van der Waals surface area contributed by atoms with E-state index in [1.807, 2.05) is 0 Å². The van der Waals surface area contributed by atoms with Crippen LogP contribution in [0.3, 0.4) is 0 Å². The van der Waals surface area contributed by atoms with Gasteiger partial charge in [0.1, 0.15) is 7.05 Å². The van der Waals surface area contributed by atoms with Crippen molar-refractivity contribution in [3.63, 3.8) is 0 Å². The third-order valence-electron chi connectivity index (χ3n) is 9.94. The molecule has 0 saturated heterocycles. The molecule has 2 heterocycles. The fourth-order valence-electron chi connectivity index (χ4n) is 7.72. The topological polar surface area (TPSA) is 32.3 Å². The quantitative estimate of drug-likeness (QED) is 0.113. The maximum Gasteiger partial charge on any atom is 0.210 e. The zero-order valence-corrected chi connectivity index (χ0v) is 27.7. The van der Waals surface area contributed by atoms with Gasteiger partial charge in [0.15, 0.2) is 5.71 Å². The fourth-order valence-corrected chi connectivity index (χ4v) is 7.72. The van der Waals surface area contributed by atoms with Crippen LogP contribution in [0.25, 0.3) is 21.5 Å². The normalized spacial score (nSPS) is 18.1. The molecule has 0 atom stereocenters. The Morgan fingerprint density at radius 1 is 0.667 bits per heavy atom. The average molecular weight is 595 g/mol. The summed E-state index contributed by atoms with van der Waals surface area (Å²) in [4.78, 5) is 2.56. The Balaban J connectivity index is 1.22. The first-order valence-corrected chi connectivity index (χ1v) is 16.6. The van der Waals surface area contributed by atoms with Crippen LogP contribution < -0.4 is 10.6 Å². The first-order chi connectivity index (χ1) is 21.8. The number of hydrogen-bond acceptors (Lipinski definition) is 2. The zero-order chi connectivity index (χ0) is 31.6. The average Bonchev–Trinajstić information content (AvgIpc) is 3.38. The number of anilines is 1. The standard InChI is InChI=1S/C42H48N3/c1-41(2)37(44(5)35-27-25-31-19-13-15-21-33(31)39(35)41)23-11-7-6-8-12-24-38-42(3,4)40-34-22-16-14-20-32(34)26-28-36(40)45(38)30-18-10-9-17-29-43/h6-8,11-16,19-28H,9-10,17-18,29-30,43H2,1-5H3/q+1. The van der Waals surface area contributed by atoms with Crippen molar-refractivity contribution in [3.8, 4) is 0 Å². The van der Waals surface area contributed by atoms with Gasteiger partial charge in [-0.25, -0.2) is 0 Å². The molecule has 2 aliphatic rings. The van der Waals surface area contributed by atoms with Gasteiger partial charge in [0.05, 0.1) is 5.41 Å². The van der Waals surface area contributed by atoms with Crippen molar-refractivity contribution in [1.29, 1.82) is 0 Å². The number of nitrogens with zero attached hydrogens (tertiary/aromatic N) is 2. The minimum Gasteiger partial charge on any atom is -0.344 e. The molecule has 6 rings (SSSR count). The van der Waals surface area contributed by atoms with E-state index in [2.05, 4.69) is 160 Å². The summed E-state index contributed by atoms with van der Waals surface area (Å²) >= 11 is 0. The molecular weight excluding hydrogens is 546 g/mol. The van der Waals surface area contributed by atoms with Crippen molar-refractivity contribution >= 4 is 38.6 Å². The molecule has 230 valence electrons. The van der Waals surface area contributed by atoms with Crippen LogP contribution in [-0.2, 0) is 10.8 Å². The molecule has 0 aromatic heterocycles. The smallest absolute Gasteiger partial charge is 0.210 e. The Hall–Kier alpha value is -4.21. The minimum absolute atomic E-state index is 0.0729. The number of unbranched alkanes of at least 4 members (excludes halogenated alkanes) is 3. The summed E-state index contributed by atoms with van der Waals surface area (Å²) in [5.41, 5.74) is 13.8. The van der Waals surface area contributed by atoms with Crippen LogP contribution in [0.2, 0.25) is 0 Å². The molecule has 2 N–H and O–H groups in total. The lowest BCUT2D eigenvalue weighted by Crippen LogP contribution is -2.27. The van der Waals surface area contributed by atoms with Gasteiger partial charge in [-0.3, -0.25) is 0 Å². The van der Waals surface area contributed by atoms with Gasteiger partial charge in [-0.1, -0.05) is 112 Å². The third kappa shape index (κ3) is 5.59. The molecule has 3 nitrogen and oxygen atoms in total. The van der Waals surface area contributed by atoms with E-state index in [1.54, 1.807) is 0 Å². The highest BCUT2D eigenvalue weighted by atomic mass is 15.2. The predicted octanol–water partition coefficient (Wildman–Crippen LogP) is 9.87. The number of nitrogens with two attached hydrogens (primary N) is 1. The van der Waals surface area contributed by atoms with Gasteiger partial charge in [-0.05, 0) is 78.6 Å². The molecular formula is C42H48N3+. The molecule has 0 radical (unpaired) electrons. The maximum absolute atomic E-state index is 5.75. The highest BCUT2D eigenvalue weighted by molar-refractivity contribution is 6.07. The second kappa shape index (κ2) is 12.7. The van der Waals surface area contributed by atoms with Crippen LogP contribution >= 0.6 is 0 Å². The summed E-state index contributed by atoms with van der Waals surface area (Å²) in [6.07, 6.45) is 20.1. The van der Waals surface area contributed by atoms with Gasteiger partial charge in [-0.15, -0.1) is 0 Å². The van der Waals surface area contributed by atoms with Gasteiger partial charge >= 0.3 is 0 Å². The largest absolute Gasteiger partial charge is 0.344 e. The van der Waals surface area contributed by atoms with Crippen LogP contribution in [0.15, 0.2) is 121 Å². The van der Waals surface area contributed by atoms with Crippen molar-refractivity contribution in [2.45, 2.75) is 64.2 Å². The van der Waals surface area contributed by atoms with Gasteiger partial charge in [0, 0.05) is 41.1 Å². The Morgan fingerprint density at radius 3 is 2.02 bits per heavy atom. The molecule has 3 heteroatoms. The van der Waals surface area contributed by atoms with Crippen molar-refractivity contribution in [2.24, 2.45) is 5.73 Å². The van der Waals surface area contributed by atoms with Gasteiger partial charge in [-0.2, -0.15) is 4.58 Å². The summed E-state index contributed by atoms with van der Waals surface area (Å²) in [5.74, 6) is 0. The first-order valence-electron chi connectivity index (χ1n) is 16.6. The minimum atomic E-state index is -0.0874. The summed E-state index contributed by atoms with van der Waals surface area (Å²) in [5, 5.41) is 5.31. The Labute approximate surface area is 269 Å². The fraction of sp³-hybridized carbons (Fsp3) is 0.310. The highest BCUT2D eigenvalue weighted by Crippen LogP contribution is 2.51. The third-order valence-corrected chi connectivity index (χ3v) is 9.94. The summed E-state index contributed by atoms with van der Waals surface area (Å²) in [6.45, 7) is 11.2. The van der Waals surface area contributed by atoms with Gasteiger partial charge < -0.3 is 10.6 Å². The number of allylic oxidation sites excluding steroid dienone is 8. The zero-order valence-electron chi connectivity index (χ0n) is 27.7. The molecule has 0 unspecified atom stereocenters.